The van der Waals surface area contributed by atoms with Crippen LogP contribution in [0.25, 0.3) is 0 Å². The van der Waals surface area contributed by atoms with E-state index in [2.05, 4.69) is 0 Å². The van der Waals surface area contributed by atoms with Crippen molar-refractivity contribution in [2.45, 2.75) is 24.1 Å². The van der Waals surface area contributed by atoms with E-state index in [0.29, 0.717) is 6.42 Å². The Morgan fingerprint density at radius 3 is 2.83 bits per heavy atom. The number of benzene rings is 1. The highest BCUT2D eigenvalue weighted by Gasteiger charge is 2.53. The average molecular weight is 366 g/mol. The maximum Gasteiger partial charge on any atom is 0.327 e. The number of carbonyl (C=O) groups is 1. The molecule has 0 aromatic heterocycles. The van der Waals surface area contributed by atoms with Gasteiger partial charge >= 0.3 is 5.97 Å². The van der Waals surface area contributed by atoms with Crippen molar-refractivity contribution in [3.63, 3.8) is 0 Å². The minimum absolute atomic E-state index is 0.0743. The Kier molecular flexibility index (Phi) is 5.30. The lowest BCUT2D eigenvalue weighted by molar-refractivity contribution is -0.150. The van der Waals surface area contributed by atoms with Crippen molar-refractivity contribution < 1.29 is 27.4 Å². The summed E-state index contributed by atoms with van der Waals surface area (Å²) in [5.41, 5.74) is -1.54. The fourth-order valence-corrected chi connectivity index (χ4v) is 5.06. The van der Waals surface area contributed by atoms with E-state index in [1.807, 2.05) is 0 Å². The molecule has 0 spiro atoms. The molecule has 1 fully saturated rings. The molecule has 1 saturated heterocycles. The molecular formula is C14H17ClFNO5S. The van der Waals surface area contributed by atoms with Crippen LogP contribution in [0.3, 0.4) is 0 Å². The summed E-state index contributed by atoms with van der Waals surface area (Å²) in [7, 11) is -2.69. The van der Waals surface area contributed by atoms with E-state index < -0.39 is 33.1 Å². The van der Waals surface area contributed by atoms with Gasteiger partial charge in [0.25, 0.3) is 0 Å². The van der Waals surface area contributed by atoms with Gasteiger partial charge in [-0.1, -0.05) is 11.6 Å². The molecule has 1 aliphatic heterocycles. The second kappa shape index (κ2) is 6.72. The van der Waals surface area contributed by atoms with Crippen molar-refractivity contribution in [2.75, 3.05) is 20.3 Å². The monoisotopic (exact) mass is 365 g/mol. The van der Waals surface area contributed by atoms with Crippen LogP contribution in [-0.4, -0.2) is 49.6 Å². The van der Waals surface area contributed by atoms with Gasteiger partial charge in [0, 0.05) is 18.7 Å². The van der Waals surface area contributed by atoms with E-state index in [1.165, 1.54) is 13.2 Å². The maximum absolute atomic E-state index is 13.3. The summed E-state index contributed by atoms with van der Waals surface area (Å²) in [5.74, 6) is -2.43. The fourth-order valence-electron chi connectivity index (χ4n) is 2.85. The Bertz CT molecular complexity index is 711. The van der Waals surface area contributed by atoms with Crippen molar-refractivity contribution in [3.8, 4) is 0 Å². The zero-order valence-electron chi connectivity index (χ0n) is 12.5. The SMILES string of the molecule is COCC1(C(=O)O)CCCN1S(=O)(=O)Cc1cc(F)ccc1Cl. The van der Waals surface area contributed by atoms with Crippen LogP contribution in [0, 0.1) is 5.82 Å². The molecule has 1 aromatic carbocycles. The first-order chi connectivity index (χ1) is 10.7. The van der Waals surface area contributed by atoms with Crippen molar-refractivity contribution in [2.24, 2.45) is 0 Å². The first kappa shape index (κ1) is 18.1. The third-order valence-electron chi connectivity index (χ3n) is 3.89. The summed E-state index contributed by atoms with van der Waals surface area (Å²) >= 11 is 5.91. The van der Waals surface area contributed by atoms with Crippen LogP contribution in [0.2, 0.25) is 5.02 Å². The average Bonchev–Trinajstić information content (AvgIpc) is 2.89. The zero-order chi connectivity index (χ0) is 17.3. The Hall–Kier alpha value is -1.22. The van der Waals surface area contributed by atoms with Crippen LogP contribution >= 0.6 is 11.6 Å². The van der Waals surface area contributed by atoms with E-state index in [-0.39, 0.29) is 30.2 Å². The van der Waals surface area contributed by atoms with Crippen molar-refractivity contribution >= 4 is 27.6 Å². The van der Waals surface area contributed by atoms with Gasteiger partial charge < -0.3 is 9.84 Å². The van der Waals surface area contributed by atoms with E-state index in [9.17, 15) is 22.7 Å². The summed E-state index contributed by atoms with van der Waals surface area (Å²) in [4.78, 5) is 11.7. The molecule has 1 N–H and O–H groups in total. The van der Waals surface area contributed by atoms with E-state index in [4.69, 9.17) is 16.3 Å². The molecule has 128 valence electrons. The smallest absolute Gasteiger partial charge is 0.327 e. The van der Waals surface area contributed by atoms with E-state index >= 15 is 0 Å². The normalized spacial score (nSPS) is 22.4. The molecule has 23 heavy (non-hydrogen) atoms. The third-order valence-corrected chi connectivity index (χ3v) is 6.14. The van der Waals surface area contributed by atoms with Crippen LogP contribution in [0.5, 0.6) is 0 Å². The molecule has 0 aliphatic carbocycles. The Labute approximate surface area is 138 Å². The maximum atomic E-state index is 13.3. The Balaban J connectivity index is 2.38. The molecule has 0 bridgehead atoms. The number of sulfonamides is 1. The molecule has 6 nitrogen and oxygen atoms in total. The van der Waals surface area contributed by atoms with Crippen molar-refractivity contribution in [1.82, 2.24) is 4.31 Å². The van der Waals surface area contributed by atoms with Gasteiger partial charge in [-0.2, -0.15) is 4.31 Å². The lowest BCUT2D eigenvalue weighted by Crippen LogP contribution is -2.56. The predicted octanol–water partition coefficient (Wildman–Crippen LogP) is 1.87. The van der Waals surface area contributed by atoms with Crippen LogP contribution in [-0.2, 0) is 25.3 Å². The van der Waals surface area contributed by atoms with Crippen LogP contribution in [0.15, 0.2) is 18.2 Å². The highest BCUT2D eigenvalue weighted by atomic mass is 35.5. The molecule has 1 aliphatic rings. The fraction of sp³-hybridized carbons (Fsp3) is 0.500. The Morgan fingerprint density at radius 1 is 1.52 bits per heavy atom. The number of hydrogen-bond acceptors (Lipinski definition) is 4. The van der Waals surface area contributed by atoms with Crippen molar-refractivity contribution in [3.05, 3.63) is 34.6 Å². The molecular weight excluding hydrogens is 349 g/mol. The molecule has 2 rings (SSSR count). The number of nitrogens with zero attached hydrogens (tertiary/aromatic N) is 1. The van der Waals surface area contributed by atoms with Gasteiger partial charge in [0.2, 0.25) is 10.0 Å². The second-order valence-corrected chi connectivity index (χ2v) is 7.74. The quantitative estimate of drug-likeness (QED) is 0.832. The molecule has 1 atom stereocenters. The molecule has 1 aromatic rings. The lowest BCUT2D eigenvalue weighted by Gasteiger charge is -2.33. The number of rotatable bonds is 6. The van der Waals surface area contributed by atoms with Gasteiger partial charge in [0.1, 0.15) is 5.82 Å². The number of carboxylic acid groups (broad SMARTS) is 1. The van der Waals surface area contributed by atoms with Gasteiger partial charge in [-0.15, -0.1) is 0 Å². The minimum atomic E-state index is -4.01. The number of hydrogen-bond donors (Lipinski definition) is 1. The van der Waals surface area contributed by atoms with E-state index in [1.54, 1.807) is 0 Å². The first-order valence-corrected chi connectivity index (χ1v) is 8.88. The van der Waals surface area contributed by atoms with Gasteiger partial charge in [0.05, 0.1) is 12.4 Å². The standard InChI is InChI=1S/C14H17ClFNO5S/c1-22-9-14(13(18)19)5-2-6-17(14)23(20,21)8-10-7-11(16)3-4-12(10)15/h3-4,7H,2,5-6,8-9H2,1H3,(H,18,19). The highest BCUT2D eigenvalue weighted by Crippen LogP contribution is 2.34. The molecule has 0 amide bonds. The number of carboxylic acids is 1. The number of aliphatic carboxylic acids is 1. The molecule has 1 heterocycles. The predicted molar refractivity (Wildman–Crippen MR) is 82.2 cm³/mol. The van der Waals surface area contributed by atoms with Gasteiger partial charge in [-0.3, -0.25) is 4.79 Å². The number of ether oxygens (including phenoxy) is 1. The summed E-state index contributed by atoms with van der Waals surface area (Å²) in [6.45, 7) is -0.177. The third kappa shape index (κ3) is 3.50. The molecule has 0 radical (unpaired) electrons. The van der Waals surface area contributed by atoms with Crippen LogP contribution < -0.4 is 0 Å². The van der Waals surface area contributed by atoms with Crippen LogP contribution in [0.4, 0.5) is 4.39 Å². The summed E-state index contributed by atoms with van der Waals surface area (Å²) in [6, 6.07) is 3.43. The van der Waals surface area contributed by atoms with E-state index in [0.717, 1.165) is 16.4 Å². The first-order valence-electron chi connectivity index (χ1n) is 6.90. The molecule has 9 heteroatoms. The summed E-state index contributed by atoms with van der Waals surface area (Å²) in [6.07, 6.45) is 0.568. The number of methoxy groups -OCH3 is 1. The highest BCUT2D eigenvalue weighted by molar-refractivity contribution is 7.88. The van der Waals surface area contributed by atoms with Gasteiger partial charge in [0.15, 0.2) is 5.54 Å². The zero-order valence-corrected chi connectivity index (χ0v) is 14.0. The second-order valence-electron chi connectivity index (χ2n) is 5.44. The number of halogens is 2. The van der Waals surface area contributed by atoms with Crippen LogP contribution in [0.1, 0.15) is 18.4 Å². The van der Waals surface area contributed by atoms with Gasteiger partial charge in [-0.05, 0) is 36.6 Å². The largest absolute Gasteiger partial charge is 0.480 e. The molecule has 0 saturated carbocycles. The minimum Gasteiger partial charge on any atom is -0.480 e. The topological polar surface area (TPSA) is 83.9 Å². The lowest BCUT2D eigenvalue weighted by atomic mass is 9.99. The summed E-state index contributed by atoms with van der Waals surface area (Å²) < 4.78 is 44.6. The van der Waals surface area contributed by atoms with Crippen molar-refractivity contribution in [1.29, 1.82) is 0 Å². The van der Waals surface area contributed by atoms with Gasteiger partial charge in [-0.25, -0.2) is 12.8 Å². The molecule has 1 unspecified atom stereocenters. The Morgan fingerprint density at radius 2 is 2.22 bits per heavy atom. The summed E-state index contributed by atoms with van der Waals surface area (Å²) in [5, 5.41) is 9.63.